The van der Waals surface area contributed by atoms with Crippen molar-refractivity contribution in [2.45, 2.75) is 6.92 Å². The van der Waals surface area contributed by atoms with Crippen LogP contribution in [0.5, 0.6) is 0 Å². The average molecular weight is 258 g/mol. The van der Waals surface area contributed by atoms with Crippen LogP contribution in [0.4, 0.5) is 0 Å². The molecule has 0 aromatic carbocycles. The van der Waals surface area contributed by atoms with Gasteiger partial charge in [-0.2, -0.15) is 0 Å². The number of rotatable bonds is 2. The molecule has 0 fully saturated rings. The van der Waals surface area contributed by atoms with Crippen LogP contribution < -0.4 is 0 Å². The molecule has 5 heteroatoms. The summed E-state index contributed by atoms with van der Waals surface area (Å²) in [5.74, 6) is -0.962. The molecule has 0 saturated heterocycles. The van der Waals surface area contributed by atoms with Crippen LogP contribution in [-0.2, 0) is 0 Å². The summed E-state index contributed by atoms with van der Waals surface area (Å²) in [4.78, 5) is 16.8. The number of pyridine rings is 1. The van der Waals surface area contributed by atoms with Gasteiger partial charge in [-0.3, -0.25) is 4.40 Å². The van der Waals surface area contributed by atoms with Gasteiger partial charge in [0.1, 0.15) is 11.3 Å². The molecule has 3 aromatic heterocycles. The average Bonchev–Trinajstić information content (AvgIpc) is 2.95. The zero-order valence-electron chi connectivity index (χ0n) is 9.62. The van der Waals surface area contributed by atoms with Crippen LogP contribution in [-0.4, -0.2) is 20.5 Å². The van der Waals surface area contributed by atoms with Gasteiger partial charge in [-0.05, 0) is 30.0 Å². The molecule has 18 heavy (non-hydrogen) atoms. The lowest BCUT2D eigenvalue weighted by Crippen LogP contribution is -2.03. The van der Waals surface area contributed by atoms with Crippen molar-refractivity contribution in [2.75, 3.05) is 0 Å². The van der Waals surface area contributed by atoms with E-state index in [4.69, 9.17) is 0 Å². The first-order valence-corrected chi connectivity index (χ1v) is 6.31. The number of nitrogens with zero attached hydrogens (tertiary/aromatic N) is 2. The highest BCUT2D eigenvalue weighted by molar-refractivity contribution is 7.13. The zero-order chi connectivity index (χ0) is 12.7. The molecular weight excluding hydrogens is 248 g/mol. The van der Waals surface area contributed by atoms with Crippen LogP contribution in [0.2, 0.25) is 0 Å². The molecule has 0 saturated carbocycles. The summed E-state index contributed by atoms with van der Waals surface area (Å²) in [6.45, 7) is 1.92. The van der Waals surface area contributed by atoms with Crippen molar-refractivity contribution in [2.24, 2.45) is 0 Å². The van der Waals surface area contributed by atoms with E-state index in [1.807, 2.05) is 36.6 Å². The van der Waals surface area contributed by atoms with E-state index in [0.29, 0.717) is 11.3 Å². The van der Waals surface area contributed by atoms with Gasteiger partial charge in [0.15, 0.2) is 5.69 Å². The molecule has 0 amide bonds. The van der Waals surface area contributed by atoms with Gasteiger partial charge in [0.25, 0.3) is 0 Å². The molecule has 3 heterocycles. The first kappa shape index (κ1) is 11.0. The summed E-state index contributed by atoms with van der Waals surface area (Å²) >= 11 is 1.49. The van der Waals surface area contributed by atoms with Crippen molar-refractivity contribution in [1.82, 2.24) is 9.38 Å². The Hall–Kier alpha value is -2.14. The van der Waals surface area contributed by atoms with E-state index < -0.39 is 5.97 Å². The number of carboxylic acids is 1. The van der Waals surface area contributed by atoms with Crippen LogP contribution in [0.25, 0.3) is 16.2 Å². The molecule has 0 aliphatic carbocycles. The number of carboxylic acid groups (broad SMARTS) is 1. The number of fused-ring (bicyclic) bond motifs is 1. The Morgan fingerprint density at radius 2 is 2.22 bits per heavy atom. The van der Waals surface area contributed by atoms with E-state index in [0.717, 1.165) is 10.4 Å². The largest absolute Gasteiger partial charge is 0.476 e. The fraction of sp³-hybridized carbons (Fsp3) is 0.0769. The standard InChI is InChI=1S/C13H10N2O2S/c1-8-4-2-6-15-11(13(16)17)10(14-12(8)15)9-5-3-7-18-9/h2-7H,1H3,(H,16,17). The minimum atomic E-state index is -0.962. The van der Waals surface area contributed by atoms with E-state index in [-0.39, 0.29) is 5.69 Å². The summed E-state index contributed by atoms with van der Waals surface area (Å²) in [6.07, 6.45) is 1.73. The Balaban J connectivity index is 2.41. The summed E-state index contributed by atoms with van der Waals surface area (Å²) in [7, 11) is 0. The second-order valence-electron chi connectivity index (χ2n) is 3.98. The fourth-order valence-electron chi connectivity index (χ4n) is 1.99. The number of carbonyl (C=O) groups is 1. The molecule has 3 aromatic rings. The maximum absolute atomic E-state index is 11.4. The van der Waals surface area contributed by atoms with E-state index in [1.165, 1.54) is 11.3 Å². The number of aromatic carboxylic acids is 1. The Morgan fingerprint density at radius 1 is 1.39 bits per heavy atom. The van der Waals surface area contributed by atoms with Crippen LogP contribution in [0.1, 0.15) is 16.1 Å². The third kappa shape index (κ3) is 1.52. The number of imidazole rings is 1. The Bertz CT molecular complexity index is 729. The normalized spacial score (nSPS) is 10.9. The van der Waals surface area contributed by atoms with Crippen LogP contribution in [0, 0.1) is 6.92 Å². The molecule has 0 unspecified atom stereocenters. The SMILES string of the molecule is Cc1cccn2c(C(=O)O)c(-c3cccs3)nc12. The van der Waals surface area contributed by atoms with Crippen molar-refractivity contribution in [3.8, 4) is 10.6 Å². The third-order valence-electron chi connectivity index (χ3n) is 2.80. The van der Waals surface area contributed by atoms with Gasteiger partial charge in [0.05, 0.1) is 4.88 Å². The molecule has 0 atom stereocenters. The lowest BCUT2D eigenvalue weighted by atomic mass is 10.3. The molecule has 0 aliphatic rings. The minimum Gasteiger partial charge on any atom is -0.476 e. The summed E-state index contributed by atoms with van der Waals surface area (Å²) < 4.78 is 1.63. The van der Waals surface area contributed by atoms with Gasteiger partial charge in [0, 0.05) is 6.20 Å². The Morgan fingerprint density at radius 3 is 2.89 bits per heavy atom. The molecule has 4 nitrogen and oxygen atoms in total. The number of aromatic nitrogens is 2. The molecule has 0 aliphatic heterocycles. The molecule has 90 valence electrons. The van der Waals surface area contributed by atoms with Crippen molar-refractivity contribution >= 4 is 23.0 Å². The molecule has 0 radical (unpaired) electrons. The maximum Gasteiger partial charge on any atom is 0.355 e. The maximum atomic E-state index is 11.4. The predicted octanol–water partition coefficient (Wildman–Crippen LogP) is 3.07. The third-order valence-corrected chi connectivity index (χ3v) is 3.68. The van der Waals surface area contributed by atoms with Gasteiger partial charge in [0.2, 0.25) is 0 Å². The van der Waals surface area contributed by atoms with Gasteiger partial charge in [-0.25, -0.2) is 9.78 Å². The van der Waals surface area contributed by atoms with Crippen LogP contribution in [0.15, 0.2) is 35.8 Å². The highest BCUT2D eigenvalue weighted by Crippen LogP contribution is 2.29. The van der Waals surface area contributed by atoms with E-state index >= 15 is 0 Å². The van der Waals surface area contributed by atoms with Gasteiger partial charge < -0.3 is 5.11 Å². The Kier molecular flexibility index (Phi) is 2.41. The summed E-state index contributed by atoms with van der Waals surface area (Å²) in [5.41, 5.74) is 2.41. The van der Waals surface area contributed by atoms with Crippen molar-refractivity contribution in [1.29, 1.82) is 0 Å². The van der Waals surface area contributed by atoms with Crippen LogP contribution >= 0.6 is 11.3 Å². The second kappa shape index (κ2) is 3.96. The second-order valence-corrected chi connectivity index (χ2v) is 4.92. The zero-order valence-corrected chi connectivity index (χ0v) is 10.4. The topological polar surface area (TPSA) is 54.6 Å². The van der Waals surface area contributed by atoms with Crippen molar-refractivity contribution in [3.05, 3.63) is 47.1 Å². The van der Waals surface area contributed by atoms with Gasteiger partial charge >= 0.3 is 5.97 Å². The summed E-state index contributed by atoms with van der Waals surface area (Å²) in [6, 6.07) is 7.53. The lowest BCUT2D eigenvalue weighted by Gasteiger charge is -1.99. The minimum absolute atomic E-state index is 0.219. The van der Waals surface area contributed by atoms with Crippen molar-refractivity contribution in [3.63, 3.8) is 0 Å². The number of hydrogen-bond acceptors (Lipinski definition) is 3. The summed E-state index contributed by atoms with van der Waals surface area (Å²) in [5, 5.41) is 11.3. The van der Waals surface area contributed by atoms with E-state index in [2.05, 4.69) is 4.98 Å². The van der Waals surface area contributed by atoms with Crippen molar-refractivity contribution < 1.29 is 9.90 Å². The molecular formula is C13H10N2O2S. The highest BCUT2D eigenvalue weighted by Gasteiger charge is 2.20. The molecule has 1 N–H and O–H groups in total. The van der Waals surface area contributed by atoms with Crippen LogP contribution in [0.3, 0.4) is 0 Å². The molecule has 3 rings (SSSR count). The number of aryl methyl sites for hydroxylation is 1. The quantitative estimate of drug-likeness (QED) is 0.768. The number of hydrogen-bond donors (Lipinski definition) is 1. The highest BCUT2D eigenvalue weighted by atomic mass is 32.1. The van der Waals surface area contributed by atoms with E-state index in [1.54, 1.807) is 10.6 Å². The van der Waals surface area contributed by atoms with E-state index in [9.17, 15) is 9.90 Å². The molecule has 0 spiro atoms. The predicted molar refractivity (Wildman–Crippen MR) is 70.2 cm³/mol. The molecule has 0 bridgehead atoms. The fourth-order valence-corrected chi connectivity index (χ4v) is 2.71. The first-order valence-electron chi connectivity index (χ1n) is 5.43. The Labute approximate surface area is 107 Å². The number of thiophene rings is 1. The van der Waals surface area contributed by atoms with Gasteiger partial charge in [-0.1, -0.05) is 12.1 Å². The smallest absolute Gasteiger partial charge is 0.355 e. The van der Waals surface area contributed by atoms with Gasteiger partial charge in [-0.15, -0.1) is 11.3 Å². The first-order chi connectivity index (χ1) is 8.68. The lowest BCUT2D eigenvalue weighted by molar-refractivity contribution is 0.0690. The monoisotopic (exact) mass is 258 g/mol.